The molecule has 0 aliphatic carbocycles. The molecule has 0 spiro atoms. The fourth-order valence-electron chi connectivity index (χ4n) is 0.978. The minimum Gasteiger partial charge on any atom is -0.448 e. The highest BCUT2D eigenvalue weighted by molar-refractivity contribution is 5.69. The summed E-state index contributed by atoms with van der Waals surface area (Å²) in [6.45, 7) is 1.81. The Morgan fingerprint density at radius 2 is 2.55 bits per heavy atom. The maximum Gasteiger partial charge on any atom is 0.409 e. The van der Waals surface area contributed by atoms with Gasteiger partial charge in [-0.2, -0.15) is 5.26 Å². The summed E-state index contributed by atoms with van der Waals surface area (Å²) in [6.07, 6.45) is 0.998. The van der Waals surface area contributed by atoms with E-state index in [9.17, 15) is 4.79 Å². The molecule has 11 heavy (non-hydrogen) atoms. The summed E-state index contributed by atoms with van der Waals surface area (Å²) >= 11 is 0. The van der Waals surface area contributed by atoms with Crippen LogP contribution in [0.15, 0.2) is 0 Å². The third kappa shape index (κ3) is 2.11. The summed E-state index contributed by atoms with van der Waals surface area (Å²) in [5.74, 6) is 0. The summed E-state index contributed by atoms with van der Waals surface area (Å²) < 4.78 is 4.70. The van der Waals surface area contributed by atoms with Crippen LogP contribution in [-0.2, 0) is 4.74 Å². The van der Waals surface area contributed by atoms with E-state index in [1.54, 1.807) is 4.90 Å². The van der Waals surface area contributed by atoms with Crippen LogP contribution in [0.4, 0.5) is 4.79 Å². The van der Waals surface area contributed by atoms with Gasteiger partial charge in [-0.3, -0.25) is 0 Å². The molecule has 0 aromatic carbocycles. The van der Waals surface area contributed by atoms with E-state index >= 15 is 0 Å². The van der Waals surface area contributed by atoms with Crippen molar-refractivity contribution < 1.29 is 9.53 Å². The first-order valence-corrected chi connectivity index (χ1v) is 3.63. The SMILES string of the molecule is N#CCCCN1CCOC1=O. The molecule has 1 fully saturated rings. The topological polar surface area (TPSA) is 53.3 Å². The highest BCUT2D eigenvalue weighted by Crippen LogP contribution is 2.04. The van der Waals surface area contributed by atoms with E-state index in [1.165, 1.54) is 0 Å². The number of ether oxygens (including phenoxy) is 1. The van der Waals surface area contributed by atoms with Crippen molar-refractivity contribution in [1.29, 1.82) is 5.26 Å². The molecule has 1 saturated heterocycles. The molecule has 1 rings (SSSR count). The molecule has 4 nitrogen and oxygen atoms in total. The Kier molecular flexibility index (Phi) is 2.73. The van der Waals surface area contributed by atoms with E-state index in [0.29, 0.717) is 26.1 Å². The zero-order chi connectivity index (χ0) is 8.10. The van der Waals surface area contributed by atoms with Gasteiger partial charge in [0.1, 0.15) is 6.61 Å². The van der Waals surface area contributed by atoms with E-state index in [-0.39, 0.29) is 6.09 Å². The molecule has 1 aliphatic heterocycles. The maximum atomic E-state index is 10.8. The van der Waals surface area contributed by atoms with Crippen LogP contribution in [0.2, 0.25) is 0 Å². The number of nitrogens with zero attached hydrogens (tertiary/aromatic N) is 2. The van der Waals surface area contributed by atoms with Gasteiger partial charge in [0.2, 0.25) is 0 Å². The normalized spacial score (nSPS) is 16.3. The van der Waals surface area contributed by atoms with Crippen LogP contribution in [0.1, 0.15) is 12.8 Å². The number of rotatable bonds is 3. The van der Waals surface area contributed by atoms with Crippen LogP contribution in [0.25, 0.3) is 0 Å². The van der Waals surface area contributed by atoms with E-state index in [1.807, 2.05) is 6.07 Å². The lowest BCUT2D eigenvalue weighted by atomic mass is 10.3. The van der Waals surface area contributed by atoms with Crippen LogP contribution in [-0.4, -0.2) is 30.7 Å². The van der Waals surface area contributed by atoms with Crippen molar-refractivity contribution in [3.05, 3.63) is 0 Å². The van der Waals surface area contributed by atoms with Gasteiger partial charge in [-0.25, -0.2) is 4.79 Å². The monoisotopic (exact) mass is 154 g/mol. The average molecular weight is 154 g/mol. The molecule has 1 aliphatic rings. The van der Waals surface area contributed by atoms with Gasteiger partial charge in [-0.05, 0) is 6.42 Å². The molecule has 1 heterocycles. The molecular formula is C7H10N2O2. The Labute approximate surface area is 65.4 Å². The Hall–Kier alpha value is -1.24. The van der Waals surface area contributed by atoms with Crippen molar-refractivity contribution in [2.24, 2.45) is 0 Å². The molecule has 0 bridgehead atoms. The standard InChI is InChI=1S/C7H10N2O2/c8-3-1-2-4-9-5-6-11-7(9)10/h1-2,4-6H2. The molecular weight excluding hydrogens is 144 g/mol. The van der Waals surface area contributed by atoms with Gasteiger partial charge in [0.25, 0.3) is 0 Å². The second-order valence-electron chi connectivity index (χ2n) is 2.36. The Bertz CT molecular complexity index is 185. The van der Waals surface area contributed by atoms with Gasteiger partial charge in [0, 0.05) is 13.0 Å². The van der Waals surface area contributed by atoms with Gasteiger partial charge >= 0.3 is 6.09 Å². The predicted octanol–water partition coefficient (Wildman–Crippen LogP) is 0.742. The van der Waals surface area contributed by atoms with Gasteiger partial charge in [-0.15, -0.1) is 0 Å². The van der Waals surface area contributed by atoms with E-state index in [0.717, 1.165) is 6.42 Å². The quantitative estimate of drug-likeness (QED) is 0.563. The lowest BCUT2D eigenvalue weighted by Crippen LogP contribution is -2.25. The first kappa shape index (κ1) is 7.86. The Morgan fingerprint density at radius 1 is 1.73 bits per heavy atom. The van der Waals surface area contributed by atoms with Crippen LogP contribution < -0.4 is 0 Å². The van der Waals surface area contributed by atoms with Crippen LogP contribution >= 0.6 is 0 Å². The summed E-state index contributed by atoms with van der Waals surface area (Å²) in [7, 11) is 0. The lowest BCUT2D eigenvalue weighted by Gasteiger charge is -2.09. The minimum absolute atomic E-state index is 0.247. The van der Waals surface area contributed by atoms with Crippen molar-refractivity contribution in [2.45, 2.75) is 12.8 Å². The predicted molar refractivity (Wildman–Crippen MR) is 37.8 cm³/mol. The number of hydrogen-bond acceptors (Lipinski definition) is 3. The third-order valence-electron chi connectivity index (χ3n) is 1.56. The highest BCUT2D eigenvalue weighted by Gasteiger charge is 2.20. The summed E-state index contributed by atoms with van der Waals surface area (Å²) in [4.78, 5) is 12.4. The number of cyclic esters (lactones) is 1. The Morgan fingerprint density at radius 3 is 3.09 bits per heavy atom. The zero-order valence-corrected chi connectivity index (χ0v) is 6.25. The summed E-state index contributed by atoms with van der Waals surface area (Å²) in [6, 6.07) is 2.03. The molecule has 60 valence electrons. The number of carbonyl (C=O) groups excluding carboxylic acids is 1. The molecule has 4 heteroatoms. The number of unbranched alkanes of at least 4 members (excludes halogenated alkanes) is 1. The van der Waals surface area contributed by atoms with Crippen molar-refractivity contribution in [3.63, 3.8) is 0 Å². The molecule has 0 N–H and O–H groups in total. The van der Waals surface area contributed by atoms with E-state index < -0.39 is 0 Å². The first-order valence-electron chi connectivity index (χ1n) is 3.63. The van der Waals surface area contributed by atoms with E-state index in [4.69, 9.17) is 10.00 Å². The maximum absolute atomic E-state index is 10.8. The smallest absolute Gasteiger partial charge is 0.409 e. The minimum atomic E-state index is -0.247. The Balaban J connectivity index is 2.16. The molecule has 0 aromatic rings. The van der Waals surface area contributed by atoms with Gasteiger partial charge in [0.05, 0.1) is 12.6 Å². The molecule has 1 amide bonds. The first-order chi connectivity index (χ1) is 5.34. The fourth-order valence-corrected chi connectivity index (χ4v) is 0.978. The summed E-state index contributed by atoms with van der Waals surface area (Å²) in [5.41, 5.74) is 0. The number of hydrogen-bond donors (Lipinski definition) is 0. The van der Waals surface area contributed by atoms with Crippen LogP contribution in [0.3, 0.4) is 0 Å². The molecule has 0 aromatic heterocycles. The highest BCUT2D eigenvalue weighted by atomic mass is 16.6. The second-order valence-corrected chi connectivity index (χ2v) is 2.36. The van der Waals surface area contributed by atoms with Crippen LogP contribution in [0.5, 0.6) is 0 Å². The largest absolute Gasteiger partial charge is 0.448 e. The molecule has 0 radical (unpaired) electrons. The molecule has 0 unspecified atom stereocenters. The average Bonchev–Trinajstić information content (AvgIpc) is 2.37. The van der Waals surface area contributed by atoms with Crippen molar-refractivity contribution in [1.82, 2.24) is 4.90 Å². The van der Waals surface area contributed by atoms with Gasteiger partial charge < -0.3 is 9.64 Å². The summed E-state index contributed by atoms with van der Waals surface area (Å²) in [5, 5.41) is 8.22. The number of amides is 1. The molecule has 0 atom stereocenters. The van der Waals surface area contributed by atoms with Crippen molar-refractivity contribution in [2.75, 3.05) is 19.7 Å². The zero-order valence-electron chi connectivity index (χ0n) is 6.25. The third-order valence-corrected chi connectivity index (χ3v) is 1.56. The fraction of sp³-hybridized carbons (Fsp3) is 0.714. The van der Waals surface area contributed by atoms with Crippen LogP contribution in [0, 0.1) is 11.3 Å². The lowest BCUT2D eigenvalue weighted by molar-refractivity contribution is 0.158. The van der Waals surface area contributed by atoms with Gasteiger partial charge in [-0.1, -0.05) is 0 Å². The van der Waals surface area contributed by atoms with E-state index in [2.05, 4.69) is 0 Å². The number of carbonyl (C=O) groups is 1. The van der Waals surface area contributed by atoms with Crippen molar-refractivity contribution >= 4 is 6.09 Å². The molecule has 0 saturated carbocycles. The van der Waals surface area contributed by atoms with Crippen molar-refractivity contribution in [3.8, 4) is 6.07 Å². The number of nitriles is 1. The van der Waals surface area contributed by atoms with Gasteiger partial charge in [0.15, 0.2) is 0 Å². The second kappa shape index (κ2) is 3.81.